The molecule has 2 aliphatic rings. The maximum Gasteiger partial charge on any atom is 0.290 e. The van der Waals surface area contributed by atoms with Crippen LogP contribution in [-0.4, -0.2) is 55.5 Å². The van der Waals surface area contributed by atoms with Crippen molar-refractivity contribution < 1.29 is 32.2 Å². The summed E-state index contributed by atoms with van der Waals surface area (Å²) in [5.41, 5.74) is -1.23. The molecular formula is C21H16F4N4O4S. The number of hydrogen-bond acceptors (Lipinski definition) is 7. The van der Waals surface area contributed by atoms with Gasteiger partial charge in [0.2, 0.25) is 5.43 Å². The van der Waals surface area contributed by atoms with Crippen molar-refractivity contribution in [2.75, 3.05) is 6.61 Å². The Kier molecular flexibility index (Phi) is 5.20. The summed E-state index contributed by atoms with van der Waals surface area (Å²) in [7, 11) is 0. The quantitative estimate of drug-likeness (QED) is 0.561. The highest BCUT2D eigenvalue weighted by molar-refractivity contribution is 7.14. The van der Waals surface area contributed by atoms with Crippen molar-refractivity contribution >= 4 is 17.2 Å². The number of benzene rings is 1. The molecule has 0 unspecified atom stereocenters. The maximum absolute atomic E-state index is 14.1. The molecule has 4 heterocycles. The van der Waals surface area contributed by atoms with Gasteiger partial charge in [0.25, 0.3) is 11.8 Å². The van der Waals surface area contributed by atoms with Crippen molar-refractivity contribution in [3.63, 3.8) is 0 Å². The number of nitrogens with zero attached hydrogens (tertiary/aromatic N) is 4. The van der Waals surface area contributed by atoms with Gasteiger partial charge in [0.15, 0.2) is 22.7 Å². The van der Waals surface area contributed by atoms with Gasteiger partial charge in [-0.3, -0.25) is 9.59 Å². The summed E-state index contributed by atoms with van der Waals surface area (Å²) in [5.74, 6) is -6.60. The third kappa shape index (κ3) is 3.55. The lowest BCUT2D eigenvalue weighted by Crippen LogP contribution is -2.64. The van der Waals surface area contributed by atoms with E-state index in [0.717, 1.165) is 28.4 Å². The number of carbonyl (C=O) groups excluding carboxylic acids is 1. The van der Waals surface area contributed by atoms with E-state index in [0.29, 0.717) is 5.01 Å². The molecule has 2 aromatic heterocycles. The maximum atomic E-state index is 14.1. The van der Waals surface area contributed by atoms with Crippen LogP contribution in [0.2, 0.25) is 0 Å². The van der Waals surface area contributed by atoms with E-state index in [1.807, 2.05) is 0 Å². The minimum atomic E-state index is -3.28. The molecule has 0 bridgehead atoms. The first kappa shape index (κ1) is 22.5. The Bertz CT molecular complexity index is 1380. The fourth-order valence-corrected chi connectivity index (χ4v) is 4.90. The number of rotatable bonds is 3. The lowest BCUT2D eigenvalue weighted by molar-refractivity contribution is -0.224. The van der Waals surface area contributed by atoms with Crippen molar-refractivity contribution in [2.24, 2.45) is 0 Å². The summed E-state index contributed by atoms with van der Waals surface area (Å²) in [5, 5.41) is 18.8. The molecule has 2 aliphatic heterocycles. The molecule has 0 aliphatic carbocycles. The van der Waals surface area contributed by atoms with E-state index in [1.54, 1.807) is 0 Å². The van der Waals surface area contributed by atoms with E-state index in [-0.39, 0.29) is 29.1 Å². The number of ether oxygens (including phenoxy) is 1. The lowest BCUT2D eigenvalue weighted by atomic mass is 10.0. The molecule has 1 N–H and O–H groups in total. The average molecular weight is 496 g/mol. The highest BCUT2D eigenvalue weighted by Crippen LogP contribution is 2.36. The van der Waals surface area contributed by atoms with Gasteiger partial charge in [-0.2, -0.15) is 0 Å². The van der Waals surface area contributed by atoms with Gasteiger partial charge in [-0.1, -0.05) is 17.4 Å². The fourth-order valence-electron chi connectivity index (χ4n) is 4.03. The zero-order chi connectivity index (χ0) is 24.4. The van der Waals surface area contributed by atoms with Crippen molar-refractivity contribution in [1.82, 2.24) is 19.7 Å². The van der Waals surface area contributed by atoms with Crippen LogP contribution >= 0.6 is 11.3 Å². The molecule has 178 valence electrons. The Morgan fingerprint density at radius 1 is 1.26 bits per heavy atom. The van der Waals surface area contributed by atoms with Gasteiger partial charge in [-0.15, -0.1) is 10.2 Å². The van der Waals surface area contributed by atoms with Gasteiger partial charge in [-0.05, 0) is 18.6 Å². The van der Waals surface area contributed by atoms with Gasteiger partial charge in [-0.25, -0.2) is 17.6 Å². The standard InChI is InChI=1S/C21H16F4N4O4S/c1-9-21(24,25)8-33-15-7-28-6-12(17(30)18(31)16(28)20(32)29(9)15)19-27-26-14(34-19)4-10-2-3-11(22)5-13(10)23/h2-3,5-6,9,15,31H,4,7-8H2,1H3/t9-,15+/m0/s1. The van der Waals surface area contributed by atoms with E-state index < -0.39 is 59.2 Å². The summed E-state index contributed by atoms with van der Waals surface area (Å²) in [6, 6.07) is 1.64. The number of amides is 1. The summed E-state index contributed by atoms with van der Waals surface area (Å²) in [4.78, 5) is 26.6. The second-order valence-electron chi connectivity index (χ2n) is 8.05. The Labute approximate surface area is 193 Å². The largest absolute Gasteiger partial charge is 0.503 e. The monoisotopic (exact) mass is 496 g/mol. The Morgan fingerprint density at radius 3 is 2.76 bits per heavy atom. The van der Waals surface area contributed by atoms with E-state index in [4.69, 9.17) is 4.74 Å². The molecule has 0 saturated carbocycles. The van der Waals surface area contributed by atoms with E-state index in [2.05, 4.69) is 10.2 Å². The van der Waals surface area contributed by atoms with Crippen LogP contribution in [0.4, 0.5) is 17.6 Å². The van der Waals surface area contributed by atoms with Crippen molar-refractivity contribution in [3.05, 3.63) is 62.5 Å². The third-order valence-corrected chi connectivity index (χ3v) is 6.86. The molecule has 3 aromatic rings. The van der Waals surface area contributed by atoms with Crippen LogP contribution in [0.3, 0.4) is 0 Å². The smallest absolute Gasteiger partial charge is 0.290 e. The number of fused-ring (bicyclic) bond motifs is 2. The summed E-state index contributed by atoms with van der Waals surface area (Å²) in [6.45, 7) is 0.227. The van der Waals surface area contributed by atoms with Crippen LogP contribution in [0.25, 0.3) is 10.6 Å². The van der Waals surface area contributed by atoms with Gasteiger partial charge in [0, 0.05) is 18.7 Å². The van der Waals surface area contributed by atoms with Crippen LogP contribution in [0.1, 0.15) is 28.0 Å². The molecule has 0 radical (unpaired) electrons. The third-order valence-electron chi connectivity index (χ3n) is 5.91. The van der Waals surface area contributed by atoms with Crippen LogP contribution in [0, 0.1) is 11.6 Å². The average Bonchev–Trinajstić information content (AvgIpc) is 3.23. The van der Waals surface area contributed by atoms with Gasteiger partial charge in [0.1, 0.15) is 23.2 Å². The second-order valence-corrected chi connectivity index (χ2v) is 9.11. The molecule has 1 fully saturated rings. The second kappa shape index (κ2) is 7.87. The Balaban J connectivity index is 1.50. The first-order valence-corrected chi connectivity index (χ1v) is 10.9. The molecule has 34 heavy (non-hydrogen) atoms. The topological polar surface area (TPSA) is 97.5 Å². The predicted octanol–water partition coefficient (Wildman–Crippen LogP) is 2.78. The zero-order valence-electron chi connectivity index (χ0n) is 17.5. The molecule has 1 aromatic carbocycles. The molecule has 2 atom stereocenters. The fraction of sp³-hybridized carbons (Fsp3) is 0.333. The highest BCUT2D eigenvalue weighted by Gasteiger charge is 2.52. The predicted molar refractivity (Wildman–Crippen MR) is 111 cm³/mol. The minimum Gasteiger partial charge on any atom is -0.503 e. The van der Waals surface area contributed by atoms with Crippen LogP contribution in [0.15, 0.2) is 29.2 Å². The summed E-state index contributed by atoms with van der Waals surface area (Å²) in [6.07, 6.45) is 0.282. The number of aromatic nitrogens is 3. The van der Waals surface area contributed by atoms with Gasteiger partial charge < -0.3 is 19.3 Å². The molecular weight excluding hydrogens is 480 g/mol. The first-order valence-electron chi connectivity index (χ1n) is 10.1. The first-order chi connectivity index (χ1) is 16.1. The van der Waals surface area contributed by atoms with Crippen molar-refractivity contribution in [1.29, 1.82) is 0 Å². The highest BCUT2D eigenvalue weighted by atomic mass is 32.1. The van der Waals surface area contributed by atoms with E-state index in [9.17, 15) is 32.3 Å². The molecule has 0 spiro atoms. The molecule has 8 nitrogen and oxygen atoms in total. The molecule has 5 rings (SSSR count). The van der Waals surface area contributed by atoms with E-state index >= 15 is 0 Å². The van der Waals surface area contributed by atoms with Crippen molar-refractivity contribution in [3.8, 4) is 16.3 Å². The van der Waals surface area contributed by atoms with Gasteiger partial charge >= 0.3 is 0 Å². The van der Waals surface area contributed by atoms with E-state index in [1.165, 1.54) is 23.8 Å². The Morgan fingerprint density at radius 2 is 2.03 bits per heavy atom. The number of halogens is 4. The Hall–Kier alpha value is -3.32. The molecule has 1 amide bonds. The lowest BCUT2D eigenvalue weighted by Gasteiger charge is -2.47. The molecule has 13 heteroatoms. The number of pyridine rings is 1. The van der Waals surface area contributed by atoms with Gasteiger partial charge in [0.05, 0.1) is 18.2 Å². The number of alkyl halides is 2. The van der Waals surface area contributed by atoms with Crippen LogP contribution < -0.4 is 5.43 Å². The number of carbonyl (C=O) groups is 1. The molecule has 1 saturated heterocycles. The normalized spacial score (nSPS) is 21.3. The summed E-state index contributed by atoms with van der Waals surface area (Å²) >= 11 is 0.958. The van der Waals surface area contributed by atoms with Crippen LogP contribution in [0.5, 0.6) is 5.75 Å². The zero-order valence-corrected chi connectivity index (χ0v) is 18.3. The number of hydrogen-bond donors (Lipinski definition) is 1. The van der Waals surface area contributed by atoms with Crippen molar-refractivity contribution in [2.45, 2.75) is 38.1 Å². The minimum absolute atomic E-state index is 0.00248. The van der Waals surface area contributed by atoms with Crippen LogP contribution in [-0.2, 0) is 17.7 Å². The summed E-state index contributed by atoms with van der Waals surface area (Å²) < 4.78 is 61.7. The number of aromatic hydroxyl groups is 1. The SMILES string of the molecule is C[C@@H]1N2C(=O)c3c(O)c(=O)c(-c4nnc(Cc5ccc(F)cc5F)s4)cn3C[C@H]2OCC1(F)F.